The van der Waals surface area contributed by atoms with E-state index in [4.69, 9.17) is 34.8 Å². The summed E-state index contributed by atoms with van der Waals surface area (Å²) >= 11 is 18.6. The van der Waals surface area contributed by atoms with Gasteiger partial charge in [0.2, 0.25) is 0 Å². The second-order valence-electron chi connectivity index (χ2n) is 6.17. The molecule has 1 fully saturated rings. The predicted octanol–water partition coefficient (Wildman–Crippen LogP) is 5.25. The maximum atomic E-state index is 6.41. The number of hydrogen-bond donors (Lipinski definition) is 1. The Morgan fingerprint density at radius 3 is 2.48 bits per heavy atom. The Bertz CT molecular complexity index is 491. The van der Waals surface area contributed by atoms with Crippen molar-refractivity contribution < 1.29 is 0 Å². The highest BCUT2D eigenvalue weighted by molar-refractivity contribution is 6.44. The van der Waals surface area contributed by atoms with Gasteiger partial charge in [0.25, 0.3) is 0 Å². The van der Waals surface area contributed by atoms with Crippen LogP contribution in [0.15, 0.2) is 12.1 Å². The largest absolute Gasteiger partial charge is 0.364 e. The van der Waals surface area contributed by atoms with Crippen molar-refractivity contribution in [3.8, 4) is 0 Å². The summed E-state index contributed by atoms with van der Waals surface area (Å²) in [5.74, 6) is 0.673. The summed E-state index contributed by atoms with van der Waals surface area (Å²) in [5, 5.41) is 5.39. The summed E-state index contributed by atoms with van der Waals surface area (Å²) in [5.41, 5.74) is 0.994. The van der Waals surface area contributed by atoms with Crippen LogP contribution in [0.1, 0.15) is 33.6 Å². The van der Waals surface area contributed by atoms with Gasteiger partial charge < -0.3 is 10.2 Å². The molecule has 0 bridgehead atoms. The van der Waals surface area contributed by atoms with Gasteiger partial charge >= 0.3 is 0 Å². The number of hydrogen-bond acceptors (Lipinski definition) is 2. The normalized spacial score (nSPS) is 22.9. The molecule has 2 rings (SSSR count). The van der Waals surface area contributed by atoms with Gasteiger partial charge in [-0.3, -0.25) is 0 Å². The molecular weight excluding hydrogens is 327 g/mol. The van der Waals surface area contributed by atoms with Gasteiger partial charge in [0, 0.05) is 25.2 Å². The first-order valence-corrected chi connectivity index (χ1v) is 8.70. The van der Waals surface area contributed by atoms with Crippen LogP contribution in [0.3, 0.4) is 0 Å². The minimum atomic E-state index is 0.433. The number of piperazine rings is 1. The first-order chi connectivity index (χ1) is 9.92. The molecule has 118 valence electrons. The Hall–Kier alpha value is -0.150. The summed E-state index contributed by atoms with van der Waals surface area (Å²) < 4.78 is 0. The van der Waals surface area contributed by atoms with Crippen LogP contribution in [0, 0.1) is 5.92 Å². The zero-order valence-corrected chi connectivity index (χ0v) is 15.1. The van der Waals surface area contributed by atoms with Crippen molar-refractivity contribution in [1.82, 2.24) is 5.32 Å². The van der Waals surface area contributed by atoms with E-state index in [1.54, 1.807) is 6.07 Å². The van der Waals surface area contributed by atoms with Crippen LogP contribution in [0.4, 0.5) is 5.69 Å². The molecule has 5 heteroatoms. The average molecular weight is 350 g/mol. The van der Waals surface area contributed by atoms with Crippen molar-refractivity contribution >= 4 is 40.5 Å². The highest BCUT2D eigenvalue weighted by atomic mass is 35.5. The molecule has 1 aromatic rings. The molecular formula is C16H23Cl3N2. The number of benzene rings is 1. The van der Waals surface area contributed by atoms with Gasteiger partial charge in [-0.15, -0.1) is 0 Å². The van der Waals surface area contributed by atoms with Gasteiger partial charge in [0.15, 0.2) is 0 Å². The molecule has 0 amide bonds. The van der Waals surface area contributed by atoms with E-state index >= 15 is 0 Å². The predicted molar refractivity (Wildman–Crippen MR) is 94.1 cm³/mol. The lowest BCUT2D eigenvalue weighted by Crippen LogP contribution is -2.56. The van der Waals surface area contributed by atoms with Crippen LogP contribution >= 0.6 is 34.8 Å². The highest BCUT2D eigenvalue weighted by Gasteiger charge is 2.28. The van der Waals surface area contributed by atoms with Crippen molar-refractivity contribution in [3.63, 3.8) is 0 Å². The Kier molecular flexibility index (Phi) is 6.07. The number of nitrogens with one attached hydrogen (secondary N) is 1. The molecule has 2 atom stereocenters. The molecule has 1 heterocycles. The van der Waals surface area contributed by atoms with Crippen LogP contribution in [0.25, 0.3) is 0 Å². The quantitative estimate of drug-likeness (QED) is 0.747. The smallest absolute Gasteiger partial charge is 0.0655 e. The van der Waals surface area contributed by atoms with E-state index in [9.17, 15) is 0 Å². The van der Waals surface area contributed by atoms with E-state index in [2.05, 4.69) is 31.0 Å². The van der Waals surface area contributed by atoms with Gasteiger partial charge in [-0.05, 0) is 30.9 Å². The summed E-state index contributed by atoms with van der Waals surface area (Å²) in [6.45, 7) is 8.64. The topological polar surface area (TPSA) is 15.3 Å². The fraction of sp³-hybridized carbons (Fsp3) is 0.625. The summed E-state index contributed by atoms with van der Waals surface area (Å²) in [4.78, 5) is 2.38. The fourth-order valence-electron chi connectivity index (χ4n) is 2.98. The average Bonchev–Trinajstić information content (AvgIpc) is 2.42. The van der Waals surface area contributed by atoms with Gasteiger partial charge in [-0.25, -0.2) is 0 Å². The molecule has 1 aliphatic heterocycles. The van der Waals surface area contributed by atoms with Crippen molar-refractivity contribution in [2.24, 2.45) is 5.92 Å². The maximum Gasteiger partial charge on any atom is 0.0655 e. The lowest BCUT2D eigenvalue weighted by molar-refractivity contribution is 0.343. The molecule has 21 heavy (non-hydrogen) atoms. The summed E-state index contributed by atoms with van der Waals surface area (Å²) in [6, 6.07) is 4.56. The number of anilines is 1. The number of nitrogens with zero attached hydrogens (tertiary/aromatic N) is 1. The fourth-order valence-corrected chi connectivity index (χ4v) is 3.63. The van der Waals surface area contributed by atoms with E-state index in [1.807, 2.05) is 6.07 Å². The third kappa shape index (κ3) is 4.19. The number of rotatable bonds is 4. The van der Waals surface area contributed by atoms with E-state index in [0.717, 1.165) is 31.6 Å². The Labute approximate surface area is 142 Å². The third-order valence-corrected chi connectivity index (χ3v) is 5.05. The van der Waals surface area contributed by atoms with Crippen LogP contribution in [0.2, 0.25) is 15.1 Å². The standard InChI is InChI=1S/C16H23Cl3N2/c1-4-12-8-20-11(5-10(2)3)9-21(12)16-7-14(18)13(17)6-15(16)19/h6-7,10-12,20H,4-5,8-9H2,1-3H3. The van der Waals surface area contributed by atoms with E-state index in [0.29, 0.717) is 33.1 Å². The maximum absolute atomic E-state index is 6.41. The monoisotopic (exact) mass is 348 g/mol. The zero-order valence-electron chi connectivity index (χ0n) is 12.8. The highest BCUT2D eigenvalue weighted by Crippen LogP contribution is 2.36. The van der Waals surface area contributed by atoms with Crippen molar-refractivity contribution in [2.45, 2.75) is 45.7 Å². The first-order valence-electron chi connectivity index (χ1n) is 7.56. The van der Waals surface area contributed by atoms with Gasteiger partial charge in [0.1, 0.15) is 0 Å². The molecule has 0 aromatic heterocycles. The van der Waals surface area contributed by atoms with Crippen molar-refractivity contribution in [1.29, 1.82) is 0 Å². The molecule has 0 saturated carbocycles. The molecule has 2 unspecified atom stereocenters. The Balaban J connectivity index is 2.26. The van der Waals surface area contributed by atoms with Crippen LogP contribution < -0.4 is 10.2 Å². The molecule has 1 N–H and O–H groups in total. The Morgan fingerprint density at radius 1 is 1.19 bits per heavy atom. The summed E-state index contributed by atoms with van der Waals surface area (Å²) in [7, 11) is 0. The van der Waals surface area contributed by atoms with Crippen molar-refractivity contribution in [3.05, 3.63) is 27.2 Å². The zero-order chi connectivity index (χ0) is 15.6. The van der Waals surface area contributed by atoms with Gasteiger partial charge in [-0.1, -0.05) is 55.6 Å². The molecule has 2 nitrogen and oxygen atoms in total. The van der Waals surface area contributed by atoms with Gasteiger partial charge in [-0.2, -0.15) is 0 Å². The van der Waals surface area contributed by atoms with Crippen LogP contribution in [-0.4, -0.2) is 25.2 Å². The second kappa shape index (κ2) is 7.41. The van der Waals surface area contributed by atoms with E-state index < -0.39 is 0 Å². The van der Waals surface area contributed by atoms with Crippen LogP contribution in [0.5, 0.6) is 0 Å². The molecule has 1 aliphatic rings. The lowest BCUT2D eigenvalue weighted by Gasteiger charge is -2.42. The first kappa shape index (κ1) is 17.2. The lowest BCUT2D eigenvalue weighted by atomic mass is 9.98. The van der Waals surface area contributed by atoms with Crippen molar-refractivity contribution in [2.75, 3.05) is 18.0 Å². The third-order valence-electron chi connectivity index (χ3n) is 4.03. The molecule has 1 aromatic carbocycles. The van der Waals surface area contributed by atoms with E-state index in [-0.39, 0.29) is 0 Å². The molecule has 0 radical (unpaired) electrons. The van der Waals surface area contributed by atoms with Crippen LogP contribution in [-0.2, 0) is 0 Å². The molecule has 0 spiro atoms. The van der Waals surface area contributed by atoms with E-state index in [1.165, 1.54) is 0 Å². The Morgan fingerprint density at radius 2 is 1.86 bits per heavy atom. The number of halogens is 3. The molecule has 1 saturated heterocycles. The SMILES string of the molecule is CCC1CNC(CC(C)C)CN1c1cc(Cl)c(Cl)cc1Cl. The van der Waals surface area contributed by atoms with Gasteiger partial charge in [0.05, 0.1) is 20.8 Å². The summed E-state index contributed by atoms with van der Waals surface area (Å²) in [6.07, 6.45) is 2.23. The second-order valence-corrected chi connectivity index (χ2v) is 7.39. The molecule has 0 aliphatic carbocycles. The minimum absolute atomic E-state index is 0.433. The minimum Gasteiger partial charge on any atom is -0.364 e.